The molecule has 1 fully saturated rings. The summed E-state index contributed by atoms with van der Waals surface area (Å²) in [6.07, 6.45) is 1.42. The predicted octanol–water partition coefficient (Wildman–Crippen LogP) is 3.16. The molecule has 9 heteroatoms. The summed E-state index contributed by atoms with van der Waals surface area (Å²) in [4.78, 5) is 28.1. The van der Waals surface area contributed by atoms with Crippen LogP contribution in [0.3, 0.4) is 0 Å². The van der Waals surface area contributed by atoms with Gasteiger partial charge in [0.15, 0.2) is 12.1 Å². The van der Waals surface area contributed by atoms with E-state index in [1.165, 1.54) is 18.5 Å². The van der Waals surface area contributed by atoms with Crippen LogP contribution < -0.4 is 4.74 Å². The van der Waals surface area contributed by atoms with Crippen LogP contribution in [-0.4, -0.2) is 51.3 Å². The fraction of sp³-hybridized carbons (Fsp3) is 0.273. The smallest absolute Gasteiger partial charge is 0.357 e. The van der Waals surface area contributed by atoms with Crippen molar-refractivity contribution in [1.29, 1.82) is 0 Å². The van der Waals surface area contributed by atoms with Gasteiger partial charge in [-0.15, -0.1) is 0 Å². The number of nitrogens with zero attached hydrogens (tertiary/aromatic N) is 4. The van der Waals surface area contributed by atoms with E-state index in [4.69, 9.17) is 14.4 Å². The Morgan fingerprint density at radius 3 is 2.48 bits per heavy atom. The number of rotatable bonds is 7. The highest BCUT2D eigenvalue weighted by atomic mass is 16.7. The second kappa shape index (κ2) is 9.40. The molecule has 2 heterocycles. The highest BCUT2D eigenvalue weighted by molar-refractivity contribution is 5.90. The molecule has 1 N–H and O–H groups in total. The minimum Gasteiger partial charge on any atom is -0.472 e. The van der Waals surface area contributed by atoms with Gasteiger partial charge >= 0.3 is 5.97 Å². The zero-order valence-corrected chi connectivity index (χ0v) is 17.2. The summed E-state index contributed by atoms with van der Waals surface area (Å²) >= 11 is 0. The number of carbonyl (C=O) groups is 1. The molecule has 4 rings (SSSR count). The largest absolute Gasteiger partial charge is 0.472 e. The number of H-pyrrole nitrogens is 1. The highest BCUT2D eigenvalue weighted by Gasteiger charge is 2.49. The number of benzene rings is 2. The minimum atomic E-state index is -0.578. The Kier molecular flexibility index (Phi) is 6.23. The van der Waals surface area contributed by atoms with Crippen LogP contribution >= 0.6 is 0 Å². The number of aromatic nitrogens is 3. The standard InChI is InChI=1S/C22H23N5O4/c1-15(26-29-2)20-18(21-23-14-24-25-21)13-19(30-17-11-7-4-8-12-17)27(20)31-22(28)16-9-5-3-6-10-16/h3-12,14,18-20H,13H2,1-2H3,(H,23,24,25). The van der Waals surface area contributed by atoms with Crippen molar-refractivity contribution < 1.29 is 19.2 Å². The van der Waals surface area contributed by atoms with Crippen molar-refractivity contribution in [2.45, 2.75) is 31.5 Å². The second-order valence-corrected chi connectivity index (χ2v) is 7.05. The zero-order valence-electron chi connectivity index (χ0n) is 17.2. The topological polar surface area (TPSA) is 102 Å². The molecule has 1 aromatic heterocycles. The van der Waals surface area contributed by atoms with E-state index in [-0.39, 0.29) is 5.92 Å². The van der Waals surface area contributed by atoms with Gasteiger partial charge in [-0.1, -0.05) is 46.6 Å². The van der Waals surface area contributed by atoms with E-state index < -0.39 is 18.2 Å². The number of hydrogen-bond donors (Lipinski definition) is 1. The maximum absolute atomic E-state index is 12.9. The van der Waals surface area contributed by atoms with E-state index in [2.05, 4.69) is 20.3 Å². The van der Waals surface area contributed by atoms with Crippen LogP contribution in [-0.2, 0) is 9.68 Å². The van der Waals surface area contributed by atoms with Gasteiger partial charge in [0.2, 0.25) is 0 Å². The Balaban J connectivity index is 1.69. The molecule has 2 aromatic carbocycles. The third kappa shape index (κ3) is 4.56. The maximum Gasteiger partial charge on any atom is 0.357 e. The number of hydrogen-bond acceptors (Lipinski definition) is 8. The van der Waals surface area contributed by atoms with Gasteiger partial charge < -0.3 is 14.4 Å². The molecule has 1 aliphatic heterocycles. The van der Waals surface area contributed by atoms with Crippen molar-refractivity contribution >= 4 is 11.7 Å². The lowest BCUT2D eigenvalue weighted by atomic mass is 9.96. The van der Waals surface area contributed by atoms with Crippen molar-refractivity contribution in [1.82, 2.24) is 20.2 Å². The molecular weight excluding hydrogens is 398 g/mol. The first-order valence-corrected chi connectivity index (χ1v) is 9.88. The Bertz CT molecular complexity index is 1010. The van der Waals surface area contributed by atoms with Gasteiger partial charge in [-0.05, 0) is 31.2 Å². The number of oxime groups is 1. The lowest BCUT2D eigenvalue weighted by Gasteiger charge is -2.29. The maximum atomic E-state index is 12.9. The van der Waals surface area contributed by atoms with Gasteiger partial charge in [-0.3, -0.25) is 5.10 Å². The van der Waals surface area contributed by atoms with Crippen LogP contribution in [0.15, 0.2) is 72.1 Å². The van der Waals surface area contributed by atoms with Crippen LogP contribution in [0.1, 0.15) is 35.4 Å². The van der Waals surface area contributed by atoms with Crippen LogP contribution in [0.5, 0.6) is 5.75 Å². The summed E-state index contributed by atoms with van der Waals surface area (Å²) in [5.74, 6) is 0.509. The van der Waals surface area contributed by atoms with Crippen molar-refractivity contribution in [2.24, 2.45) is 5.16 Å². The van der Waals surface area contributed by atoms with Crippen LogP contribution in [0.4, 0.5) is 0 Å². The molecule has 1 saturated heterocycles. The first-order valence-electron chi connectivity index (χ1n) is 9.88. The number of carbonyl (C=O) groups excluding carboxylic acids is 1. The van der Waals surface area contributed by atoms with Crippen molar-refractivity contribution in [3.05, 3.63) is 78.4 Å². The average molecular weight is 421 g/mol. The first-order chi connectivity index (χ1) is 15.2. The third-order valence-corrected chi connectivity index (χ3v) is 5.04. The summed E-state index contributed by atoms with van der Waals surface area (Å²) in [5, 5.41) is 12.6. The predicted molar refractivity (Wildman–Crippen MR) is 112 cm³/mol. The molecule has 1 aliphatic rings. The SMILES string of the molecule is CON=C(C)C1C(c2nc[nH]n2)CC(Oc2ccccc2)N1OC(=O)c1ccccc1. The lowest BCUT2D eigenvalue weighted by molar-refractivity contribution is -0.177. The zero-order chi connectivity index (χ0) is 21.6. The van der Waals surface area contributed by atoms with Gasteiger partial charge in [-0.2, -0.15) is 5.10 Å². The minimum absolute atomic E-state index is 0.234. The molecule has 0 spiro atoms. The first kappa shape index (κ1) is 20.5. The fourth-order valence-electron chi connectivity index (χ4n) is 3.72. The quantitative estimate of drug-likeness (QED) is 0.462. The number of hydroxylamine groups is 2. The molecule has 0 aliphatic carbocycles. The molecule has 0 amide bonds. The molecule has 3 atom stereocenters. The molecule has 3 unspecified atom stereocenters. The van der Waals surface area contributed by atoms with Crippen molar-refractivity contribution in [3.8, 4) is 5.75 Å². The molecule has 160 valence electrons. The van der Waals surface area contributed by atoms with Gasteiger partial charge in [-0.25, -0.2) is 9.78 Å². The van der Waals surface area contributed by atoms with Gasteiger partial charge in [0.25, 0.3) is 0 Å². The number of aromatic amines is 1. The molecule has 3 aromatic rings. The molecule has 0 saturated carbocycles. The highest BCUT2D eigenvalue weighted by Crippen LogP contribution is 2.38. The van der Waals surface area contributed by atoms with Gasteiger partial charge in [0.1, 0.15) is 25.2 Å². The summed E-state index contributed by atoms with van der Waals surface area (Å²) in [6, 6.07) is 17.7. The number of ether oxygens (including phenoxy) is 1. The van der Waals surface area contributed by atoms with E-state index in [0.29, 0.717) is 29.3 Å². The van der Waals surface area contributed by atoms with Gasteiger partial charge in [0, 0.05) is 6.42 Å². The normalized spacial score (nSPS) is 21.6. The molecular formula is C22H23N5O4. The Morgan fingerprint density at radius 1 is 1.13 bits per heavy atom. The van der Waals surface area contributed by atoms with Crippen LogP contribution in [0.25, 0.3) is 0 Å². The Morgan fingerprint density at radius 2 is 1.84 bits per heavy atom. The molecule has 9 nitrogen and oxygen atoms in total. The summed E-state index contributed by atoms with van der Waals surface area (Å²) in [6.45, 7) is 1.81. The Labute approximate surface area is 179 Å². The van der Waals surface area contributed by atoms with Crippen molar-refractivity contribution in [3.63, 3.8) is 0 Å². The number of para-hydroxylation sites is 1. The van der Waals surface area contributed by atoms with E-state index >= 15 is 0 Å². The second-order valence-electron chi connectivity index (χ2n) is 7.05. The van der Waals surface area contributed by atoms with E-state index in [1.54, 1.807) is 24.3 Å². The third-order valence-electron chi connectivity index (χ3n) is 5.04. The summed E-state index contributed by atoms with van der Waals surface area (Å²) < 4.78 is 6.20. The molecule has 0 bridgehead atoms. The number of nitrogens with one attached hydrogen (secondary N) is 1. The van der Waals surface area contributed by atoms with Crippen LogP contribution in [0, 0.1) is 0 Å². The van der Waals surface area contributed by atoms with E-state index in [1.807, 2.05) is 43.3 Å². The Hall–Kier alpha value is -3.72. The van der Waals surface area contributed by atoms with Crippen LogP contribution in [0.2, 0.25) is 0 Å². The lowest BCUT2D eigenvalue weighted by Crippen LogP contribution is -2.45. The monoisotopic (exact) mass is 421 g/mol. The molecule has 31 heavy (non-hydrogen) atoms. The van der Waals surface area contributed by atoms with E-state index in [9.17, 15) is 4.79 Å². The summed E-state index contributed by atoms with van der Waals surface area (Å²) in [7, 11) is 1.47. The van der Waals surface area contributed by atoms with Gasteiger partial charge in [0.05, 0.1) is 17.2 Å². The van der Waals surface area contributed by atoms with Crippen molar-refractivity contribution in [2.75, 3.05) is 7.11 Å². The average Bonchev–Trinajstić information content (AvgIpc) is 3.44. The van der Waals surface area contributed by atoms with E-state index in [0.717, 1.165) is 0 Å². The fourth-order valence-corrected chi connectivity index (χ4v) is 3.72. The summed E-state index contributed by atoms with van der Waals surface area (Å²) in [5.41, 5.74) is 1.04. The molecule has 0 radical (unpaired) electrons.